The second-order valence-corrected chi connectivity index (χ2v) is 8.46. The molecule has 1 fully saturated rings. The normalized spacial score (nSPS) is 14.9. The van der Waals surface area contributed by atoms with Gasteiger partial charge < -0.3 is 10.2 Å². The third-order valence-electron chi connectivity index (χ3n) is 4.47. The fraction of sp³-hybridized carbons (Fsp3) is 0.400. The van der Waals surface area contributed by atoms with Gasteiger partial charge in [0.1, 0.15) is 0 Å². The fourth-order valence-electron chi connectivity index (χ4n) is 3.04. The van der Waals surface area contributed by atoms with Crippen molar-refractivity contribution in [1.29, 1.82) is 0 Å². The van der Waals surface area contributed by atoms with Gasteiger partial charge >= 0.3 is 0 Å². The van der Waals surface area contributed by atoms with Gasteiger partial charge in [-0.05, 0) is 47.0 Å². The summed E-state index contributed by atoms with van der Waals surface area (Å²) in [7, 11) is 0. The number of hydrogen-bond acceptors (Lipinski definition) is 5. The highest BCUT2D eigenvalue weighted by Crippen LogP contribution is 2.13. The van der Waals surface area contributed by atoms with E-state index < -0.39 is 0 Å². The average Bonchev–Trinajstić information content (AvgIpc) is 3.15. The van der Waals surface area contributed by atoms with Crippen LogP contribution in [0.25, 0.3) is 0 Å². The van der Waals surface area contributed by atoms with Gasteiger partial charge in [-0.2, -0.15) is 11.3 Å². The molecule has 0 atom stereocenters. The van der Waals surface area contributed by atoms with Crippen LogP contribution in [0, 0.1) is 6.92 Å². The van der Waals surface area contributed by atoms with Crippen molar-refractivity contribution in [3.8, 4) is 0 Å². The topological polar surface area (TPSA) is 52.7 Å². The smallest absolute Gasteiger partial charge is 0.234 e. The van der Waals surface area contributed by atoms with Gasteiger partial charge in [-0.15, -0.1) is 11.8 Å². The lowest BCUT2D eigenvalue weighted by Crippen LogP contribution is -2.48. The van der Waals surface area contributed by atoms with Gasteiger partial charge in [-0.1, -0.05) is 12.1 Å². The maximum Gasteiger partial charge on any atom is 0.234 e. The number of nitrogens with zero attached hydrogens (tertiary/aromatic N) is 2. The highest BCUT2D eigenvalue weighted by atomic mass is 32.2. The van der Waals surface area contributed by atoms with Crippen LogP contribution in [-0.4, -0.2) is 59.3 Å². The van der Waals surface area contributed by atoms with Crippen molar-refractivity contribution in [2.75, 3.05) is 43.0 Å². The van der Waals surface area contributed by atoms with E-state index in [0.717, 1.165) is 44.0 Å². The molecule has 2 heterocycles. The molecule has 1 aliphatic heterocycles. The predicted octanol–water partition coefficient (Wildman–Crippen LogP) is 3.07. The summed E-state index contributed by atoms with van der Waals surface area (Å²) < 4.78 is 0. The van der Waals surface area contributed by atoms with Crippen molar-refractivity contribution >= 4 is 40.6 Å². The SMILES string of the molecule is Cc1cccc(NC(=O)CSCC(=O)N2CCN(Cc3ccsc3)CC2)c1. The lowest BCUT2D eigenvalue weighted by atomic mass is 10.2. The number of benzene rings is 1. The van der Waals surface area contributed by atoms with E-state index in [9.17, 15) is 9.59 Å². The van der Waals surface area contributed by atoms with Crippen LogP contribution in [0.3, 0.4) is 0 Å². The predicted molar refractivity (Wildman–Crippen MR) is 113 cm³/mol. The molecule has 5 nitrogen and oxygen atoms in total. The highest BCUT2D eigenvalue weighted by molar-refractivity contribution is 8.00. The van der Waals surface area contributed by atoms with Crippen LogP contribution in [0.15, 0.2) is 41.1 Å². The minimum absolute atomic E-state index is 0.0704. The van der Waals surface area contributed by atoms with E-state index in [4.69, 9.17) is 0 Å². The van der Waals surface area contributed by atoms with Crippen molar-refractivity contribution in [2.45, 2.75) is 13.5 Å². The Kier molecular flexibility index (Phi) is 7.32. The number of hydrogen-bond donors (Lipinski definition) is 1. The molecule has 27 heavy (non-hydrogen) atoms. The summed E-state index contributed by atoms with van der Waals surface area (Å²) >= 11 is 3.10. The average molecular weight is 404 g/mol. The molecule has 1 N–H and O–H groups in total. The van der Waals surface area contributed by atoms with Gasteiger partial charge in [0.2, 0.25) is 11.8 Å². The van der Waals surface area contributed by atoms with Crippen LogP contribution < -0.4 is 5.32 Å². The second kappa shape index (κ2) is 9.92. The molecule has 0 unspecified atom stereocenters. The Labute approximate surface area is 168 Å². The Bertz CT molecular complexity index is 756. The first-order chi connectivity index (χ1) is 13.1. The zero-order chi connectivity index (χ0) is 19.1. The van der Waals surface area contributed by atoms with E-state index in [0.29, 0.717) is 5.75 Å². The van der Waals surface area contributed by atoms with Gasteiger partial charge in [0.25, 0.3) is 0 Å². The maximum atomic E-state index is 12.4. The molecule has 1 aliphatic rings. The number of aryl methyl sites for hydroxylation is 1. The van der Waals surface area contributed by atoms with Crippen molar-refractivity contribution in [1.82, 2.24) is 9.80 Å². The minimum Gasteiger partial charge on any atom is -0.339 e. The number of nitrogens with one attached hydrogen (secondary N) is 1. The third-order valence-corrected chi connectivity index (χ3v) is 6.12. The van der Waals surface area contributed by atoms with Crippen LogP contribution in [0.5, 0.6) is 0 Å². The van der Waals surface area contributed by atoms with E-state index in [1.807, 2.05) is 36.1 Å². The van der Waals surface area contributed by atoms with Crippen LogP contribution in [0.4, 0.5) is 5.69 Å². The number of carbonyl (C=O) groups excluding carboxylic acids is 2. The standard InChI is InChI=1S/C20H25N3O2S2/c1-16-3-2-4-18(11-16)21-19(24)14-27-15-20(25)23-8-6-22(7-9-23)12-17-5-10-26-13-17/h2-5,10-11,13H,6-9,12,14-15H2,1H3,(H,21,24). The van der Waals surface area contributed by atoms with E-state index in [2.05, 4.69) is 27.0 Å². The van der Waals surface area contributed by atoms with E-state index in [1.54, 1.807) is 11.3 Å². The van der Waals surface area contributed by atoms with E-state index in [1.165, 1.54) is 17.3 Å². The molecule has 0 bridgehead atoms. The van der Waals surface area contributed by atoms with Gasteiger partial charge in [0, 0.05) is 38.4 Å². The molecule has 1 saturated heterocycles. The summed E-state index contributed by atoms with van der Waals surface area (Å²) in [4.78, 5) is 28.7. The number of thiophene rings is 1. The first-order valence-electron chi connectivity index (χ1n) is 9.05. The van der Waals surface area contributed by atoms with E-state index >= 15 is 0 Å². The first-order valence-corrected chi connectivity index (χ1v) is 11.2. The number of amides is 2. The largest absolute Gasteiger partial charge is 0.339 e. The Hall–Kier alpha value is -1.83. The number of anilines is 1. The summed E-state index contributed by atoms with van der Waals surface area (Å²) in [5.74, 6) is 0.696. The van der Waals surface area contributed by atoms with Gasteiger partial charge in [0.05, 0.1) is 11.5 Å². The maximum absolute atomic E-state index is 12.4. The Morgan fingerprint density at radius 2 is 1.96 bits per heavy atom. The van der Waals surface area contributed by atoms with Crippen LogP contribution in [0.2, 0.25) is 0 Å². The lowest BCUT2D eigenvalue weighted by Gasteiger charge is -2.34. The highest BCUT2D eigenvalue weighted by Gasteiger charge is 2.21. The summed E-state index contributed by atoms with van der Waals surface area (Å²) in [6, 6.07) is 9.86. The molecule has 0 radical (unpaired) electrons. The number of carbonyl (C=O) groups is 2. The summed E-state index contributed by atoms with van der Waals surface area (Å²) in [5, 5.41) is 7.15. The molecule has 1 aromatic heterocycles. The molecule has 2 aromatic rings. The summed E-state index contributed by atoms with van der Waals surface area (Å²) in [6.07, 6.45) is 0. The fourth-order valence-corrected chi connectivity index (χ4v) is 4.42. The molecule has 1 aromatic carbocycles. The Morgan fingerprint density at radius 3 is 2.67 bits per heavy atom. The molecule has 0 aliphatic carbocycles. The quantitative estimate of drug-likeness (QED) is 0.772. The monoisotopic (exact) mass is 403 g/mol. The van der Waals surface area contributed by atoms with Gasteiger partial charge in [-0.3, -0.25) is 14.5 Å². The zero-order valence-corrected chi connectivity index (χ0v) is 17.2. The number of thioether (sulfide) groups is 1. The third kappa shape index (κ3) is 6.37. The lowest BCUT2D eigenvalue weighted by molar-refractivity contribution is -0.130. The van der Waals surface area contributed by atoms with Gasteiger partial charge in [0.15, 0.2) is 0 Å². The van der Waals surface area contributed by atoms with Crippen LogP contribution in [0.1, 0.15) is 11.1 Å². The minimum atomic E-state index is -0.0704. The number of piperazine rings is 1. The molecular formula is C20H25N3O2S2. The first kappa shape index (κ1) is 19.9. The summed E-state index contributed by atoms with van der Waals surface area (Å²) in [6.45, 7) is 6.28. The molecule has 0 saturated carbocycles. The molecule has 7 heteroatoms. The Balaban J connectivity index is 1.33. The molecule has 2 amide bonds. The van der Waals surface area contributed by atoms with Crippen LogP contribution >= 0.6 is 23.1 Å². The molecule has 0 spiro atoms. The molecular weight excluding hydrogens is 378 g/mol. The summed E-state index contributed by atoms with van der Waals surface area (Å²) in [5.41, 5.74) is 3.25. The van der Waals surface area contributed by atoms with Crippen LogP contribution in [-0.2, 0) is 16.1 Å². The Morgan fingerprint density at radius 1 is 1.15 bits per heavy atom. The molecule has 3 rings (SSSR count). The van der Waals surface area contributed by atoms with Gasteiger partial charge in [-0.25, -0.2) is 0 Å². The zero-order valence-electron chi connectivity index (χ0n) is 15.5. The number of rotatable bonds is 7. The van der Waals surface area contributed by atoms with Crippen molar-refractivity contribution in [3.05, 3.63) is 52.2 Å². The second-order valence-electron chi connectivity index (χ2n) is 6.70. The van der Waals surface area contributed by atoms with Crippen molar-refractivity contribution in [3.63, 3.8) is 0 Å². The van der Waals surface area contributed by atoms with Crippen molar-refractivity contribution in [2.24, 2.45) is 0 Å². The van der Waals surface area contributed by atoms with E-state index in [-0.39, 0.29) is 17.6 Å². The van der Waals surface area contributed by atoms with Crippen molar-refractivity contribution < 1.29 is 9.59 Å². The molecule has 144 valence electrons.